The molecule has 1 unspecified atom stereocenters. The van der Waals surface area contributed by atoms with Gasteiger partial charge in [-0.1, -0.05) is 23.8 Å². The Labute approximate surface area is 229 Å². The number of fused-ring (bicyclic) bond motifs is 1. The van der Waals surface area contributed by atoms with Crippen LogP contribution in [0.1, 0.15) is 37.2 Å². The van der Waals surface area contributed by atoms with Gasteiger partial charge in [0.15, 0.2) is 0 Å². The first-order valence-corrected chi connectivity index (χ1v) is 13.5. The number of aromatic nitrogens is 2. The maximum atomic E-state index is 13.5. The second-order valence-electron chi connectivity index (χ2n) is 9.98. The van der Waals surface area contributed by atoms with Gasteiger partial charge >= 0.3 is 0 Å². The molecule has 0 saturated heterocycles. The van der Waals surface area contributed by atoms with Gasteiger partial charge in [0.2, 0.25) is 26.6 Å². The molecular formula is C26H29N7O6S. The highest BCUT2D eigenvalue weighted by molar-refractivity contribution is 7.90. The summed E-state index contributed by atoms with van der Waals surface area (Å²) in [5.41, 5.74) is 10.6. The topological polar surface area (TPSA) is 251 Å². The Hall–Kier alpha value is -4.69. The van der Waals surface area contributed by atoms with Gasteiger partial charge in [-0.05, 0) is 50.6 Å². The first-order chi connectivity index (χ1) is 18.6. The molecule has 1 heterocycles. The van der Waals surface area contributed by atoms with Crippen molar-refractivity contribution < 1.29 is 28.2 Å². The predicted molar refractivity (Wildman–Crippen MR) is 148 cm³/mol. The summed E-state index contributed by atoms with van der Waals surface area (Å²) >= 11 is 0. The van der Waals surface area contributed by atoms with Crippen LogP contribution in [0.15, 0.2) is 59.9 Å². The zero-order chi connectivity index (χ0) is 29.6. The summed E-state index contributed by atoms with van der Waals surface area (Å²) in [6.07, 6.45) is 1.00. The third kappa shape index (κ3) is 4.67. The molecule has 1 aromatic heterocycles. The van der Waals surface area contributed by atoms with Gasteiger partial charge in [-0.15, -0.1) is 0 Å². The number of imidazole rings is 1. The third-order valence-corrected chi connectivity index (χ3v) is 8.40. The Morgan fingerprint density at radius 3 is 2.45 bits per heavy atom. The fourth-order valence-corrected chi connectivity index (χ4v) is 5.70. The number of nitrogens with two attached hydrogens (primary N) is 3. The van der Waals surface area contributed by atoms with Crippen LogP contribution in [0.2, 0.25) is 0 Å². The number of nitrogens with zero attached hydrogens (tertiary/aromatic N) is 1. The molecule has 3 aromatic rings. The zero-order valence-corrected chi connectivity index (χ0v) is 22.5. The zero-order valence-electron chi connectivity index (χ0n) is 21.6. The Morgan fingerprint density at radius 1 is 1.18 bits per heavy atom. The number of H-pyrrole nitrogens is 1. The van der Waals surface area contributed by atoms with E-state index in [2.05, 4.69) is 15.3 Å². The Bertz CT molecular complexity index is 1740. The molecule has 1 aliphatic carbocycles. The molecule has 40 heavy (non-hydrogen) atoms. The quantitative estimate of drug-likeness (QED) is 0.110. The lowest BCUT2D eigenvalue weighted by molar-refractivity contribution is -0.129. The molecule has 11 N–H and O–H groups in total. The molecule has 0 bridgehead atoms. The number of amidine groups is 1. The summed E-state index contributed by atoms with van der Waals surface area (Å²) in [7, 11) is -4.79. The van der Waals surface area contributed by atoms with E-state index in [1.807, 2.05) is 0 Å². The number of sulfonamides is 1. The van der Waals surface area contributed by atoms with Crippen LogP contribution in [0.4, 0.5) is 0 Å². The fraction of sp³-hybridized carbons (Fsp3) is 0.231. The van der Waals surface area contributed by atoms with Crippen molar-refractivity contribution in [2.45, 2.75) is 25.0 Å². The number of phenols is 1. The molecule has 0 fully saturated rings. The van der Waals surface area contributed by atoms with E-state index in [9.17, 15) is 28.2 Å². The molecule has 1 aliphatic rings. The minimum Gasteiger partial charge on any atom is -0.509 e. The molecule has 0 radical (unpaired) electrons. The molecule has 1 atom stereocenters. The number of aromatic hydroxyl groups is 1. The van der Waals surface area contributed by atoms with Crippen molar-refractivity contribution in [2.75, 3.05) is 6.54 Å². The first kappa shape index (κ1) is 28.3. The van der Waals surface area contributed by atoms with Crippen molar-refractivity contribution in [3.8, 4) is 5.75 Å². The number of aliphatic hydroxyl groups excluding tert-OH is 1. The monoisotopic (exact) mass is 567 g/mol. The summed E-state index contributed by atoms with van der Waals surface area (Å²) in [4.78, 5) is 31.8. The number of hydrogen-bond donors (Lipinski definition) is 8. The van der Waals surface area contributed by atoms with Gasteiger partial charge in [-0.2, -0.15) is 0 Å². The number of rotatable bonds is 8. The Morgan fingerprint density at radius 2 is 1.85 bits per heavy atom. The van der Waals surface area contributed by atoms with Gasteiger partial charge in [-0.3, -0.25) is 15.0 Å². The van der Waals surface area contributed by atoms with Crippen LogP contribution in [0.25, 0.3) is 16.6 Å². The molecule has 0 saturated carbocycles. The van der Waals surface area contributed by atoms with Crippen molar-refractivity contribution in [2.24, 2.45) is 22.0 Å². The highest BCUT2D eigenvalue weighted by atomic mass is 32.2. The lowest BCUT2D eigenvalue weighted by Crippen LogP contribution is -2.47. The molecule has 2 aromatic carbocycles. The number of allylic oxidation sites excluding steroid dienone is 1. The smallest absolute Gasteiger partial charge is 0.236 e. The third-order valence-electron chi connectivity index (χ3n) is 7.00. The normalized spacial score (nSPS) is 17.9. The molecule has 13 nitrogen and oxygen atoms in total. The number of benzene rings is 2. The Balaban J connectivity index is 2.06. The second kappa shape index (κ2) is 9.81. The van der Waals surface area contributed by atoms with Gasteiger partial charge in [-0.25, -0.2) is 18.5 Å². The summed E-state index contributed by atoms with van der Waals surface area (Å²) in [5.74, 6) is -2.91. The highest BCUT2D eigenvalue weighted by Gasteiger charge is 2.54. The Kier molecular flexibility index (Phi) is 6.94. The summed E-state index contributed by atoms with van der Waals surface area (Å²) in [6, 6.07) is 10.5. The number of phenolic OH excluding ortho intramolecular Hbond substituents is 1. The minimum absolute atomic E-state index is 0.00900. The number of amides is 2. The van der Waals surface area contributed by atoms with E-state index in [1.54, 1.807) is 12.1 Å². The predicted octanol–water partition coefficient (Wildman–Crippen LogP) is 0.963. The van der Waals surface area contributed by atoms with Crippen LogP contribution in [-0.4, -0.2) is 52.8 Å². The average Bonchev–Trinajstić information content (AvgIpc) is 3.30. The standard InChI is InChI=1S/C26H29N7O6S/c1-25(2,24(37)31-12-20(27)35)14-10-16(15-5-3-4-6-19(15)34)21(36)26(11-14,40(30,38)39)23-32-17-8-7-13(22(28)29)9-18(17)33-23/h3-9,11,34,36H,10,12H2,1-2H3,(H2,27,35)(H3,28,29)(H,31,37)(H,32,33)(H2,30,38,39). The van der Waals surface area contributed by atoms with Crippen molar-refractivity contribution in [3.63, 3.8) is 0 Å². The lowest BCUT2D eigenvalue weighted by Gasteiger charge is -2.37. The van der Waals surface area contributed by atoms with Crippen molar-refractivity contribution in [3.05, 3.63) is 76.8 Å². The van der Waals surface area contributed by atoms with E-state index in [0.29, 0.717) is 16.6 Å². The van der Waals surface area contributed by atoms with Crippen molar-refractivity contribution in [1.29, 1.82) is 5.41 Å². The number of primary sulfonamides is 1. The summed E-state index contributed by atoms with van der Waals surface area (Å²) in [5, 5.41) is 38.3. The number of nitrogens with one attached hydrogen (secondary N) is 3. The molecule has 0 spiro atoms. The minimum atomic E-state index is -4.79. The number of primary amides is 1. The van der Waals surface area contributed by atoms with E-state index >= 15 is 0 Å². The first-order valence-electron chi connectivity index (χ1n) is 12.0. The van der Waals surface area contributed by atoms with Gasteiger partial charge in [0.05, 0.1) is 23.0 Å². The van der Waals surface area contributed by atoms with Crippen molar-refractivity contribution in [1.82, 2.24) is 15.3 Å². The molecule has 14 heteroatoms. The molecule has 210 valence electrons. The van der Waals surface area contributed by atoms with Gasteiger partial charge in [0, 0.05) is 16.7 Å². The number of para-hydroxylation sites is 1. The largest absolute Gasteiger partial charge is 0.509 e. The van der Waals surface area contributed by atoms with E-state index < -0.39 is 44.3 Å². The van der Waals surface area contributed by atoms with Crippen molar-refractivity contribution >= 4 is 44.3 Å². The number of carbonyl (C=O) groups excluding carboxylic acids is 2. The van der Waals surface area contributed by atoms with Crippen LogP contribution in [0.5, 0.6) is 5.75 Å². The van der Waals surface area contributed by atoms with E-state index in [4.69, 9.17) is 22.0 Å². The van der Waals surface area contributed by atoms with Crippen LogP contribution < -0.4 is 21.9 Å². The second-order valence-corrected chi connectivity index (χ2v) is 11.7. The maximum Gasteiger partial charge on any atom is 0.236 e. The molecule has 0 aliphatic heterocycles. The van der Waals surface area contributed by atoms with Crippen LogP contribution in [0.3, 0.4) is 0 Å². The number of carbonyl (C=O) groups is 2. The molecule has 2 amide bonds. The SMILES string of the molecule is CC(C)(C(=O)NCC(N)=O)C1=CC(c2nc3ccc(C(=N)N)cc3[nH]2)(S(N)(=O)=O)C(O)=C(c2ccccc2O)C1. The van der Waals surface area contributed by atoms with Gasteiger partial charge in [0.1, 0.15) is 23.2 Å². The van der Waals surface area contributed by atoms with Gasteiger partial charge in [0.25, 0.3) is 0 Å². The number of hydrogen-bond acceptors (Lipinski definition) is 8. The summed E-state index contributed by atoms with van der Waals surface area (Å²) < 4.78 is 24.5. The maximum absolute atomic E-state index is 13.5. The average molecular weight is 568 g/mol. The lowest BCUT2D eigenvalue weighted by atomic mass is 9.73. The van der Waals surface area contributed by atoms with E-state index in [0.717, 1.165) is 6.08 Å². The van der Waals surface area contributed by atoms with Gasteiger partial charge < -0.3 is 32.0 Å². The number of aliphatic hydroxyl groups is 1. The van der Waals surface area contributed by atoms with E-state index in [-0.39, 0.29) is 40.5 Å². The van der Waals surface area contributed by atoms with Crippen LogP contribution >= 0.6 is 0 Å². The molecular weight excluding hydrogens is 538 g/mol. The summed E-state index contributed by atoms with van der Waals surface area (Å²) in [6.45, 7) is 2.56. The molecule has 4 rings (SSSR count). The van der Waals surface area contributed by atoms with Crippen LogP contribution in [0, 0.1) is 10.8 Å². The number of nitrogen functional groups attached to an aromatic ring is 1. The number of aromatic amines is 1. The highest BCUT2D eigenvalue weighted by Crippen LogP contribution is 2.50. The van der Waals surface area contributed by atoms with Crippen LogP contribution in [-0.2, 0) is 24.4 Å². The fourth-order valence-electron chi connectivity index (χ4n) is 4.64. The van der Waals surface area contributed by atoms with E-state index in [1.165, 1.54) is 44.2 Å².